The molecule has 2 heterocycles. The van der Waals surface area contributed by atoms with Crippen molar-refractivity contribution in [3.8, 4) is 0 Å². The number of carbonyl (C=O) groups is 3. The van der Waals surface area contributed by atoms with Gasteiger partial charge in [0, 0.05) is 18.7 Å². The fourth-order valence-electron chi connectivity index (χ4n) is 3.17. The Morgan fingerprint density at radius 3 is 2.96 bits per heavy atom. The van der Waals surface area contributed by atoms with Crippen LogP contribution < -0.4 is 5.32 Å². The summed E-state index contributed by atoms with van der Waals surface area (Å²) in [7, 11) is 0. The van der Waals surface area contributed by atoms with Gasteiger partial charge in [-0.3, -0.25) is 14.4 Å². The lowest BCUT2D eigenvalue weighted by Crippen LogP contribution is -2.51. The normalized spacial score (nSPS) is 23.4. The topological polar surface area (TPSA) is 95.9 Å². The summed E-state index contributed by atoms with van der Waals surface area (Å²) in [5.74, 6) is -2.96. The zero-order valence-electron chi connectivity index (χ0n) is 12.8. The summed E-state index contributed by atoms with van der Waals surface area (Å²) in [5.41, 5.74) is 0.828. The molecule has 2 atom stereocenters. The predicted molar refractivity (Wildman–Crippen MR) is 81.0 cm³/mol. The van der Waals surface area contributed by atoms with Crippen LogP contribution in [0.2, 0.25) is 0 Å². The molecule has 2 unspecified atom stereocenters. The number of nitrogens with one attached hydrogen (secondary N) is 1. The fraction of sp³-hybridized carbons (Fsp3) is 0.438. The highest BCUT2D eigenvalue weighted by molar-refractivity contribution is 6.01. The predicted octanol–water partition coefficient (Wildman–Crippen LogP) is 0.954. The van der Waals surface area contributed by atoms with Crippen LogP contribution in [0.25, 0.3) is 0 Å². The van der Waals surface area contributed by atoms with Gasteiger partial charge in [0.2, 0.25) is 11.8 Å². The van der Waals surface area contributed by atoms with Gasteiger partial charge in [0.15, 0.2) is 0 Å². The van der Waals surface area contributed by atoms with Crippen LogP contribution in [0, 0.1) is 5.82 Å². The van der Waals surface area contributed by atoms with Gasteiger partial charge in [-0.15, -0.1) is 0 Å². The lowest BCUT2D eigenvalue weighted by Gasteiger charge is -2.38. The molecular formula is C16H17FN2O5. The largest absolute Gasteiger partial charge is 0.481 e. The molecule has 1 aromatic carbocycles. The van der Waals surface area contributed by atoms with Gasteiger partial charge in [-0.2, -0.15) is 0 Å². The third-order valence-corrected chi connectivity index (χ3v) is 4.27. The molecule has 0 spiro atoms. The number of amides is 2. The van der Waals surface area contributed by atoms with Crippen LogP contribution in [0.1, 0.15) is 24.3 Å². The highest BCUT2D eigenvalue weighted by Gasteiger charge is 2.37. The summed E-state index contributed by atoms with van der Waals surface area (Å²) in [6.45, 7) is 0.732. The standard InChI is InChI=1S/C16H17FN2O5/c17-9-1-2-11-12(7-14(20)18-13(11)5-9)16(23)19-3-4-24-8-10(19)6-15(21)22/h1-2,5,10,12H,3-4,6-8H2,(H,18,20)(H,21,22). The van der Waals surface area contributed by atoms with Crippen molar-refractivity contribution in [2.24, 2.45) is 0 Å². The molecule has 128 valence electrons. The molecule has 1 fully saturated rings. The number of ether oxygens (including phenoxy) is 1. The Morgan fingerprint density at radius 1 is 1.42 bits per heavy atom. The quantitative estimate of drug-likeness (QED) is 0.857. The van der Waals surface area contributed by atoms with E-state index in [0.717, 1.165) is 0 Å². The zero-order chi connectivity index (χ0) is 17.3. The molecule has 2 N–H and O–H groups in total. The zero-order valence-corrected chi connectivity index (χ0v) is 12.8. The number of halogens is 1. The van der Waals surface area contributed by atoms with E-state index in [1.54, 1.807) is 0 Å². The maximum atomic E-state index is 13.4. The van der Waals surface area contributed by atoms with Crippen LogP contribution in [0.5, 0.6) is 0 Å². The second kappa shape index (κ2) is 6.56. The van der Waals surface area contributed by atoms with Crippen molar-refractivity contribution in [2.75, 3.05) is 25.1 Å². The summed E-state index contributed by atoms with van der Waals surface area (Å²) in [6.07, 6.45) is -0.268. The minimum absolute atomic E-state index is 0.0470. The molecular weight excluding hydrogens is 319 g/mol. The van der Waals surface area contributed by atoms with Gasteiger partial charge in [-0.05, 0) is 17.7 Å². The SMILES string of the molecule is O=C(O)CC1COCCN1C(=O)C1CC(=O)Nc2cc(F)ccc21. The highest BCUT2D eigenvalue weighted by atomic mass is 19.1. The molecule has 2 aliphatic rings. The van der Waals surface area contributed by atoms with Crippen molar-refractivity contribution >= 4 is 23.5 Å². The third-order valence-electron chi connectivity index (χ3n) is 4.27. The van der Waals surface area contributed by atoms with E-state index in [0.29, 0.717) is 12.2 Å². The number of carboxylic acids is 1. The van der Waals surface area contributed by atoms with Crippen LogP contribution in [0.15, 0.2) is 18.2 Å². The van der Waals surface area contributed by atoms with Gasteiger partial charge in [-0.1, -0.05) is 6.07 Å². The molecule has 2 aliphatic heterocycles. The summed E-state index contributed by atoms with van der Waals surface area (Å²) < 4.78 is 18.7. The Labute approximate surface area is 137 Å². The van der Waals surface area contributed by atoms with Gasteiger partial charge < -0.3 is 20.1 Å². The monoisotopic (exact) mass is 336 g/mol. The summed E-state index contributed by atoms with van der Waals surface area (Å²) >= 11 is 0. The molecule has 0 bridgehead atoms. The first-order chi connectivity index (χ1) is 11.5. The number of benzene rings is 1. The number of morpholine rings is 1. The van der Waals surface area contributed by atoms with E-state index >= 15 is 0 Å². The number of aliphatic carboxylic acids is 1. The molecule has 1 saturated heterocycles. The molecule has 0 radical (unpaired) electrons. The molecule has 3 rings (SSSR count). The van der Waals surface area contributed by atoms with E-state index in [-0.39, 0.29) is 43.5 Å². The second-order valence-electron chi connectivity index (χ2n) is 5.89. The molecule has 0 saturated carbocycles. The van der Waals surface area contributed by atoms with Gasteiger partial charge in [0.05, 0.1) is 31.6 Å². The van der Waals surface area contributed by atoms with E-state index in [1.165, 1.54) is 23.1 Å². The lowest BCUT2D eigenvalue weighted by molar-refractivity contribution is -0.148. The number of carboxylic acid groups (broad SMARTS) is 1. The molecule has 1 aromatic rings. The van der Waals surface area contributed by atoms with Crippen LogP contribution in [0.4, 0.5) is 10.1 Å². The lowest BCUT2D eigenvalue weighted by atomic mass is 9.88. The van der Waals surface area contributed by atoms with Crippen molar-refractivity contribution in [1.82, 2.24) is 4.90 Å². The number of nitrogens with zero attached hydrogens (tertiary/aromatic N) is 1. The number of anilines is 1. The van der Waals surface area contributed by atoms with Crippen LogP contribution in [0.3, 0.4) is 0 Å². The smallest absolute Gasteiger partial charge is 0.305 e. The van der Waals surface area contributed by atoms with Crippen molar-refractivity contribution in [1.29, 1.82) is 0 Å². The van der Waals surface area contributed by atoms with Crippen molar-refractivity contribution in [3.05, 3.63) is 29.6 Å². The average Bonchev–Trinajstić information content (AvgIpc) is 2.53. The van der Waals surface area contributed by atoms with Crippen LogP contribution in [-0.2, 0) is 19.1 Å². The van der Waals surface area contributed by atoms with Crippen LogP contribution >= 0.6 is 0 Å². The minimum atomic E-state index is -1.02. The number of carbonyl (C=O) groups excluding carboxylic acids is 2. The molecule has 0 aliphatic carbocycles. The van der Waals surface area contributed by atoms with Crippen LogP contribution in [-0.4, -0.2) is 53.6 Å². The summed E-state index contributed by atoms with van der Waals surface area (Å²) in [4.78, 5) is 37.3. The van der Waals surface area contributed by atoms with E-state index in [4.69, 9.17) is 9.84 Å². The second-order valence-corrected chi connectivity index (χ2v) is 5.89. The van der Waals surface area contributed by atoms with Gasteiger partial charge in [0.25, 0.3) is 0 Å². The number of hydrogen-bond acceptors (Lipinski definition) is 4. The first kappa shape index (κ1) is 16.4. The first-order valence-electron chi connectivity index (χ1n) is 7.65. The van der Waals surface area contributed by atoms with Crippen molar-refractivity contribution < 1.29 is 28.6 Å². The third kappa shape index (κ3) is 3.23. The number of hydrogen-bond donors (Lipinski definition) is 2. The fourth-order valence-corrected chi connectivity index (χ4v) is 3.17. The van der Waals surface area contributed by atoms with E-state index < -0.39 is 23.7 Å². The number of rotatable bonds is 3. The van der Waals surface area contributed by atoms with E-state index in [2.05, 4.69) is 5.32 Å². The van der Waals surface area contributed by atoms with E-state index in [9.17, 15) is 18.8 Å². The van der Waals surface area contributed by atoms with Crippen molar-refractivity contribution in [2.45, 2.75) is 24.8 Å². The van der Waals surface area contributed by atoms with Crippen molar-refractivity contribution in [3.63, 3.8) is 0 Å². The molecule has 0 aromatic heterocycles. The van der Waals surface area contributed by atoms with Gasteiger partial charge in [0.1, 0.15) is 5.82 Å². The van der Waals surface area contributed by atoms with E-state index in [1.807, 2.05) is 0 Å². The first-order valence-corrected chi connectivity index (χ1v) is 7.65. The number of fused-ring (bicyclic) bond motifs is 1. The highest BCUT2D eigenvalue weighted by Crippen LogP contribution is 2.34. The maximum absolute atomic E-state index is 13.4. The Balaban J connectivity index is 1.88. The van der Waals surface area contributed by atoms with Gasteiger partial charge in [-0.25, -0.2) is 4.39 Å². The Kier molecular flexibility index (Phi) is 4.48. The Morgan fingerprint density at radius 2 is 2.21 bits per heavy atom. The minimum Gasteiger partial charge on any atom is -0.481 e. The Hall–Kier alpha value is -2.48. The maximum Gasteiger partial charge on any atom is 0.305 e. The molecule has 7 nitrogen and oxygen atoms in total. The van der Waals surface area contributed by atoms with Gasteiger partial charge >= 0.3 is 5.97 Å². The molecule has 8 heteroatoms. The summed E-state index contributed by atoms with van der Waals surface area (Å²) in [6, 6.07) is 3.34. The Bertz CT molecular complexity index is 693. The molecule has 24 heavy (non-hydrogen) atoms. The average molecular weight is 336 g/mol. The summed E-state index contributed by atoms with van der Waals surface area (Å²) in [5, 5.41) is 11.6. The molecule has 2 amide bonds.